The lowest BCUT2D eigenvalue weighted by atomic mass is 9.93. The molecule has 0 saturated carbocycles. The van der Waals surface area contributed by atoms with Crippen molar-refractivity contribution in [3.8, 4) is 0 Å². The molecule has 8 heteroatoms. The third-order valence-corrected chi connectivity index (χ3v) is 5.25. The van der Waals surface area contributed by atoms with Gasteiger partial charge in [0.05, 0.1) is 17.9 Å². The quantitative estimate of drug-likeness (QED) is 0.476. The number of likely N-dealkylation sites (N-methyl/N-ethyl adjacent to an activating group) is 1. The molecule has 1 atom stereocenters. The zero-order valence-corrected chi connectivity index (χ0v) is 19.3. The van der Waals surface area contributed by atoms with Crippen molar-refractivity contribution in [3.05, 3.63) is 64.7 Å². The minimum absolute atomic E-state index is 0.0659. The number of hydrogen-bond donors (Lipinski definition) is 3. The van der Waals surface area contributed by atoms with Crippen molar-refractivity contribution in [2.24, 2.45) is 17.6 Å². The van der Waals surface area contributed by atoms with Crippen LogP contribution in [-0.2, 0) is 14.4 Å². The molecule has 3 amide bonds. The standard InChI is InChI=1S/C24H29ClN4O3/c1-15(2)11-17(12-21(26)30)24(32)28-14-22(31)29(3)20-10-9-18(25)13-19(20)23(27)16-7-5-4-6-8-16/h4-10,13,15,17,27H,11-12,14H2,1-3H3,(H2,26,30)(H,28,32). The Morgan fingerprint density at radius 1 is 1.12 bits per heavy atom. The van der Waals surface area contributed by atoms with Crippen LogP contribution in [0.25, 0.3) is 0 Å². The fourth-order valence-corrected chi connectivity index (χ4v) is 3.59. The number of carbonyl (C=O) groups is 3. The van der Waals surface area contributed by atoms with Gasteiger partial charge in [-0.15, -0.1) is 0 Å². The Labute approximate surface area is 193 Å². The summed E-state index contributed by atoms with van der Waals surface area (Å²) in [5, 5.41) is 11.7. The molecule has 0 fully saturated rings. The zero-order valence-electron chi connectivity index (χ0n) is 18.5. The molecule has 4 N–H and O–H groups in total. The highest BCUT2D eigenvalue weighted by Crippen LogP contribution is 2.26. The van der Waals surface area contributed by atoms with E-state index in [0.717, 1.165) is 0 Å². The third-order valence-electron chi connectivity index (χ3n) is 5.01. The van der Waals surface area contributed by atoms with Crippen molar-refractivity contribution in [1.82, 2.24) is 5.32 Å². The highest BCUT2D eigenvalue weighted by Gasteiger charge is 2.24. The summed E-state index contributed by atoms with van der Waals surface area (Å²) >= 11 is 6.16. The molecule has 2 aromatic rings. The van der Waals surface area contributed by atoms with E-state index in [1.807, 2.05) is 44.2 Å². The van der Waals surface area contributed by atoms with Crippen LogP contribution in [0.1, 0.15) is 37.8 Å². The molecule has 7 nitrogen and oxygen atoms in total. The van der Waals surface area contributed by atoms with E-state index in [9.17, 15) is 14.4 Å². The van der Waals surface area contributed by atoms with Crippen LogP contribution in [0.3, 0.4) is 0 Å². The number of amides is 3. The molecule has 0 aliphatic rings. The SMILES string of the molecule is CC(C)CC(CC(N)=O)C(=O)NCC(=O)N(C)c1ccc(Cl)cc1C(=N)c1ccccc1. The average Bonchev–Trinajstić information content (AvgIpc) is 2.75. The summed E-state index contributed by atoms with van der Waals surface area (Å²) in [7, 11) is 1.58. The summed E-state index contributed by atoms with van der Waals surface area (Å²) < 4.78 is 0. The van der Waals surface area contributed by atoms with Gasteiger partial charge in [-0.05, 0) is 30.5 Å². The number of nitrogens with two attached hydrogens (primary N) is 1. The summed E-state index contributed by atoms with van der Waals surface area (Å²) in [4.78, 5) is 38.1. The van der Waals surface area contributed by atoms with Gasteiger partial charge in [0, 0.05) is 35.5 Å². The number of carbonyl (C=O) groups excluding carboxylic acids is 3. The summed E-state index contributed by atoms with van der Waals surface area (Å²) in [5.41, 5.74) is 7.18. The Balaban J connectivity index is 2.16. The second-order valence-electron chi connectivity index (χ2n) is 8.07. The van der Waals surface area contributed by atoms with Crippen LogP contribution in [0.2, 0.25) is 5.02 Å². The molecule has 2 rings (SSSR count). The Morgan fingerprint density at radius 2 is 1.78 bits per heavy atom. The maximum atomic E-state index is 12.8. The van der Waals surface area contributed by atoms with Gasteiger partial charge in [-0.25, -0.2) is 0 Å². The van der Waals surface area contributed by atoms with Crippen LogP contribution in [-0.4, -0.2) is 37.0 Å². The Morgan fingerprint density at radius 3 is 2.38 bits per heavy atom. The molecule has 0 spiro atoms. The van der Waals surface area contributed by atoms with Gasteiger partial charge in [0.25, 0.3) is 0 Å². The van der Waals surface area contributed by atoms with Gasteiger partial charge in [0.1, 0.15) is 0 Å². The number of primary amides is 1. The molecule has 0 aromatic heterocycles. The predicted octanol–water partition coefficient (Wildman–Crippen LogP) is 3.37. The molecule has 0 heterocycles. The van der Waals surface area contributed by atoms with Crippen LogP contribution in [0, 0.1) is 17.2 Å². The largest absolute Gasteiger partial charge is 0.370 e. The van der Waals surface area contributed by atoms with Crippen molar-refractivity contribution >= 4 is 40.7 Å². The second kappa shape index (κ2) is 11.4. The molecule has 1 unspecified atom stereocenters. The average molecular weight is 457 g/mol. The Kier molecular flexibility index (Phi) is 8.96. The first kappa shape index (κ1) is 25.1. The smallest absolute Gasteiger partial charge is 0.246 e. The maximum Gasteiger partial charge on any atom is 0.246 e. The van der Waals surface area contributed by atoms with Gasteiger partial charge in [-0.1, -0.05) is 55.8 Å². The summed E-state index contributed by atoms with van der Waals surface area (Å²) in [5.74, 6) is -1.69. The number of benzene rings is 2. The van der Waals surface area contributed by atoms with Gasteiger partial charge in [0.15, 0.2) is 0 Å². The van der Waals surface area contributed by atoms with E-state index in [4.69, 9.17) is 22.7 Å². The Bertz CT molecular complexity index is 992. The van der Waals surface area contributed by atoms with Gasteiger partial charge in [0.2, 0.25) is 17.7 Å². The zero-order chi connectivity index (χ0) is 23.8. The van der Waals surface area contributed by atoms with Crippen molar-refractivity contribution in [3.63, 3.8) is 0 Å². The minimum atomic E-state index is -0.581. The van der Waals surface area contributed by atoms with Crippen molar-refractivity contribution in [2.45, 2.75) is 26.7 Å². The molecule has 32 heavy (non-hydrogen) atoms. The molecular weight excluding hydrogens is 428 g/mol. The third kappa shape index (κ3) is 6.92. The van der Waals surface area contributed by atoms with Crippen LogP contribution in [0.4, 0.5) is 5.69 Å². The van der Waals surface area contributed by atoms with E-state index in [0.29, 0.717) is 28.3 Å². The number of hydrogen-bond acceptors (Lipinski definition) is 4. The first-order valence-electron chi connectivity index (χ1n) is 10.4. The maximum absolute atomic E-state index is 12.8. The molecular formula is C24H29ClN4O3. The molecule has 0 aliphatic heterocycles. The number of anilines is 1. The first-order chi connectivity index (χ1) is 15.1. The highest BCUT2D eigenvalue weighted by molar-refractivity contribution is 6.31. The Hall–Kier alpha value is -3.19. The highest BCUT2D eigenvalue weighted by atomic mass is 35.5. The van der Waals surface area contributed by atoms with E-state index in [-0.39, 0.29) is 36.4 Å². The lowest BCUT2D eigenvalue weighted by Gasteiger charge is -2.23. The van der Waals surface area contributed by atoms with Gasteiger partial charge < -0.3 is 16.0 Å². The fourth-order valence-electron chi connectivity index (χ4n) is 3.42. The normalized spacial score (nSPS) is 11.7. The van der Waals surface area contributed by atoms with E-state index in [1.165, 1.54) is 4.90 Å². The van der Waals surface area contributed by atoms with Gasteiger partial charge in [-0.3, -0.25) is 19.8 Å². The fraction of sp³-hybridized carbons (Fsp3) is 0.333. The lowest BCUT2D eigenvalue weighted by molar-refractivity contribution is -0.131. The molecule has 0 aliphatic carbocycles. The second-order valence-corrected chi connectivity index (χ2v) is 8.51. The van der Waals surface area contributed by atoms with Crippen LogP contribution in [0.15, 0.2) is 48.5 Å². The topological polar surface area (TPSA) is 116 Å². The molecule has 0 saturated heterocycles. The van der Waals surface area contributed by atoms with Crippen LogP contribution < -0.4 is 16.0 Å². The van der Waals surface area contributed by atoms with Crippen LogP contribution in [0.5, 0.6) is 0 Å². The van der Waals surface area contributed by atoms with E-state index >= 15 is 0 Å². The molecule has 2 aromatic carbocycles. The van der Waals surface area contributed by atoms with E-state index in [1.54, 1.807) is 25.2 Å². The predicted molar refractivity (Wildman–Crippen MR) is 127 cm³/mol. The van der Waals surface area contributed by atoms with Crippen molar-refractivity contribution in [2.75, 3.05) is 18.5 Å². The number of nitrogens with one attached hydrogen (secondary N) is 2. The number of nitrogens with zero attached hydrogens (tertiary/aromatic N) is 1. The summed E-state index contributed by atoms with van der Waals surface area (Å²) in [6.45, 7) is 3.65. The van der Waals surface area contributed by atoms with Crippen molar-refractivity contribution in [1.29, 1.82) is 5.41 Å². The number of rotatable bonds is 10. The monoisotopic (exact) mass is 456 g/mol. The lowest BCUT2D eigenvalue weighted by Crippen LogP contribution is -2.42. The molecule has 0 bridgehead atoms. The van der Waals surface area contributed by atoms with Gasteiger partial charge in [-0.2, -0.15) is 0 Å². The van der Waals surface area contributed by atoms with E-state index < -0.39 is 11.8 Å². The van der Waals surface area contributed by atoms with Crippen LogP contribution >= 0.6 is 11.6 Å². The summed E-state index contributed by atoms with van der Waals surface area (Å²) in [6, 6.07) is 14.1. The number of halogens is 1. The van der Waals surface area contributed by atoms with E-state index in [2.05, 4.69) is 5.32 Å². The molecule has 0 radical (unpaired) electrons. The molecule has 170 valence electrons. The first-order valence-corrected chi connectivity index (χ1v) is 10.7. The minimum Gasteiger partial charge on any atom is -0.370 e. The summed E-state index contributed by atoms with van der Waals surface area (Å²) in [6.07, 6.45) is 0.429. The van der Waals surface area contributed by atoms with Gasteiger partial charge >= 0.3 is 0 Å². The van der Waals surface area contributed by atoms with Crippen molar-refractivity contribution < 1.29 is 14.4 Å².